The molecule has 0 bridgehead atoms. The second-order valence-electron chi connectivity index (χ2n) is 6.72. The molecule has 148 valence electrons. The number of carbonyl (C=O) groups excluding carboxylic acids is 2. The summed E-state index contributed by atoms with van der Waals surface area (Å²) in [6.45, 7) is 5.42. The highest BCUT2D eigenvalue weighted by Crippen LogP contribution is 2.43. The molecular formula is C18H28O6S2. The topological polar surface area (TPSA) is 86.7 Å². The Morgan fingerprint density at radius 3 is 2.08 bits per heavy atom. The van der Waals surface area contributed by atoms with Crippen molar-refractivity contribution in [1.82, 2.24) is 0 Å². The van der Waals surface area contributed by atoms with E-state index >= 15 is 0 Å². The van der Waals surface area contributed by atoms with Gasteiger partial charge in [0.2, 0.25) is 0 Å². The molecule has 0 spiro atoms. The highest BCUT2D eigenvalue weighted by Gasteiger charge is 2.25. The molecule has 0 radical (unpaired) electrons. The largest absolute Gasteiger partial charge is 0.459 e. The average molecular weight is 405 g/mol. The molecular weight excluding hydrogens is 376 g/mol. The van der Waals surface area contributed by atoms with Crippen molar-refractivity contribution in [2.24, 2.45) is 0 Å². The number of hydrogen-bond donors (Lipinski definition) is 0. The third kappa shape index (κ3) is 7.88. The highest BCUT2D eigenvalue weighted by molar-refractivity contribution is 8.32. The lowest BCUT2D eigenvalue weighted by atomic mass is 10.1. The predicted octanol–water partition coefficient (Wildman–Crippen LogP) is 3.56. The second kappa shape index (κ2) is 9.53. The summed E-state index contributed by atoms with van der Waals surface area (Å²) in [4.78, 5) is 24.3. The van der Waals surface area contributed by atoms with Crippen molar-refractivity contribution in [3.05, 3.63) is 35.4 Å². The summed E-state index contributed by atoms with van der Waals surface area (Å²) in [5.41, 5.74) is 0.765. The molecule has 0 saturated carbocycles. The van der Waals surface area contributed by atoms with Crippen molar-refractivity contribution in [3.63, 3.8) is 0 Å². The van der Waals surface area contributed by atoms with E-state index in [4.69, 9.17) is 8.37 Å². The Hall–Kier alpha value is -1.38. The molecule has 0 aliphatic rings. The number of benzene rings is 1. The fourth-order valence-electron chi connectivity index (χ4n) is 2.13. The SMILES string of the molecule is CCCCS(=O)(=O)OS(C)(C)CC(=O)c1ccc(C(=O)OC(C)C)cc1. The van der Waals surface area contributed by atoms with Crippen LogP contribution in [0.4, 0.5) is 0 Å². The van der Waals surface area contributed by atoms with Crippen LogP contribution in [-0.2, 0) is 18.5 Å². The minimum atomic E-state index is -3.64. The predicted molar refractivity (Wildman–Crippen MR) is 105 cm³/mol. The monoisotopic (exact) mass is 404 g/mol. The summed E-state index contributed by atoms with van der Waals surface area (Å²) in [6.07, 6.45) is 4.37. The minimum absolute atomic E-state index is 0.00581. The molecule has 1 aromatic carbocycles. The van der Waals surface area contributed by atoms with Crippen LogP contribution in [0.15, 0.2) is 24.3 Å². The van der Waals surface area contributed by atoms with Gasteiger partial charge in [0.1, 0.15) is 0 Å². The smallest absolute Gasteiger partial charge is 0.338 e. The zero-order valence-corrected chi connectivity index (χ0v) is 17.6. The van der Waals surface area contributed by atoms with Gasteiger partial charge in [-0.05, 0) is 44.9 Å². The van der Waals surface area contributed by atoms with Crippen molar-refractivity contribution >= 4 is 32.2 Å². The summed E-state index contributed by atoms with van der Waals surface area (Å²) in [5, 5.41) is 0. The van der Waals surface area contributed by atoms with Crippen molar-refractivity contribution < 1.29 is 26.4 Å². The molecule has 0 aromatic heterocycles. The van der Waals surface area contributed by atoms with Gasteiger partial charge < -0.3 is 4.74 Å². The van der Waals surface area contributed by atoms with Gasteiger partial charge in [-0.2, -0.15) is 8.42 Å². The van der Waals surface area contributed by atoms with Gasteiger partial charge in [-0.3, -0.25) is 4.79 Å². The van der Waals surface area contributed by atoms with E-state index in [9.17, 15) is 18.0 Å². The number of ether oxygens (including phenoxy) is 1. The maximum Gasteiger partial charge on any atom is 0.338 e. The maximum absolute atomic E-state index is 12.4. The van der Waals surface area contributed by atoms with Crippen LogP contribution in [0.5, 0.6) is 0 Å². The van der Waals surface area contributed by atoms with E-state index in [0.29, 0.717) is 17.5 Å². The van der Waals surface area contributed by atoms with Crippen LogP contribution in [0.3, 0.4) is 0 Å². The van der Waals surface area contributed by atoms with Gasteiger partial charge in [0.15, 0.2) is 5.78 Å². The lowest BCUT2D eigenvalue weighted by Gasteiger charge is -2.29. The molecule has 6 nitrogen and oxygen atoms in total. The van der Waals surface area contributed by atoms with E-state index < -0.39 is 26.4 Å². The number of ketones is 1. The number of rotatable bonds is 10. The summed E-state index contributed by atoms with van der Waals surface area (Å²) in [5.74, 6) is -0.718. The highest BCUT2D eigenvalue weighted by atomic mass is 32.3. The summed E-state index contributed by atoms with van der Waals surface area (Å²) in [7, 11) is -5.72. The molecule has 0 aliphatic heterocycles. The Bertz CT molecular complexity index is 721. The molecule has 8 heteroatoms. The van der Waals surface area contributed by atoms with E-state index in [-0.39, 0.29) is 23.4 Å². The van der Waals surface area contributed by atoms with Gasteiger partial charge >= 0.3 is 5.97 Å². The van der Waals surface area contributed by atoms with E-state index in [1.807, 2.05) is 6.92 Å². The number of hydrogen-bond acceptors (Lipinski definition) is 6. The molecule has 0 N–H and O–H groups in total. The van der Waals surface area contributed by atoms with Crippen molar-refractivity contribution in [3.8, 4) is 0 Å². The van der Waals surface area contributed by atoms with Crippen LogP contribution < -0.4 is 0 Å². The van der Waals surface area contributed by atoms with E-state index in [2.05, 4.69) is 0 Å². The van der Waals surface area contributed by atoms with Gasteiger partial charge in [-0.1, -0.05) is 25.5 Å². The zero-order valence-electron chi connectivity index (χ0n) is 16.0. The van der Waals surface area contributed by atoms with Gasteiger partial charge in [0, 0.05) is 5.56 Å². The standard InChI is InChI=1S/C18H28O6S2/c1-6-7-12-26(21,22)24-25(4,5)13-17(19)15-8-10-16(11-9-15)18(20)23-14(2)3/h8-11,14H,6-7,12-13H2,1-5H3. The van der Waals surface area contributed by atoms with Crippen molar-refractivity contribution in [2.75, 3.05) is 24.0 Å². The van der Waals surface area contributed by atoms with E-state index in [1.165, 1.54) is 12.1 Å². The van der Waals surface area contributed by atoms with Crippen LogP contribution in [0.2, 0.25) is 0 Å². The maximum atomic E-state index is 12.4. The van der Waals surface area contributed by atoms with Gasteiger partial charge in [-0.25, -0.2) is 8.42 Å². The number of Topliss-reactive ketones (excluding diaryl/α,β-unsaturated/α-hetero) is 1. The lowest BCUT2D eigenvalue weighted by molar-refractivity contribution is 0.0377. The van der Waals surface area contributed by atoms with Gasteiger partial charge in [0.25, 0.3) is 10.1 Å². The average Bonchev–Trinajstić information content (AvgIpc) is 2.51. The van der Waals surface area contributed by atoms with Crippen LogP contribution >= 0.6 is 10.3 Å². The summed E-state index contributed by atoms with van der Waals surface area (Å²) < 4.78 is 34.3. The van der Waals surface area contributed by atoms with Crippen LogP contribution in [0, 0.1) is 0 Å². The van der Waals surface area contributed by atoms with Gasteiger partial charge in [-0.15, -0.1) is 10.3 Å². The summed E-state index contributed by atoms with van der Waals surface area (Å²) in [6, 6.07) is 6.14. The fraction of sp³-hybridized carbons (Fsp3) is 0.556. The Morgan fingerprint density at radius 2 is 1.58 bits per heavy atom. The van der Waals surface area contributed by atoms with Crippen molar-refractivity contribution in [1.29, 1.82) is 0 Å². The molecule has 0 unspecified atom stereocenters. The van der Waals surface area contributed by atoms with E-state index in [0.717, 1.165) is 6.42 Å². The van der Waals surface area contributed by atoms with Crippen LogP contribution in [-0.4, -0.2) is 50.3 Å². The Balaban J connectivity index is 2.76. The molecule has 0 amide bonds. The molecule has 0 fully saturated rings. The van der Waals surface area contributed by atoms with Crippen LogP contribution in [0.25, 0.3) is 0 Å². The number of carbonyl (C=O) groups is 2. The summed E-state index contributed by atoms with van der Waals surface area (Å²) >= 11 is 0. The number of unbranched alkanes of at least 4 members (excludes halogenated alkanes) is 1. The molecule has 0 saturated heterocycles. The Morgan fingerprint density at radius 1 is 1.04 bits per heavy atom. The number of esters is 1. The molecule has 0 aliphatic carbocycles. The first kappa shape index (κ1) is 22.7. The fourth-order valence-corrected chi connectivity index (χ4v) is 6.28. The first-order valence-electron chi connectivity index (χ1n) is 8.45. The first-order chi connectivity index (χ1) is 12.0. The first-order valence-corrected chi connectivity index (χ1v) is 12.6. The molecule has 1 rings (SSSR count). The zero-order chi connectivity index (χ0) is 20.0. The normalized spacial score (nSPS) is 12.8. The molecule has 26 heavy (non-hydrogen) atoms. The van der Waals surface area contributed by atoms with Crippen LogP contribution in [0.1, 0.15) is 54.3 Å². The third-order valence-electron chi connectivity index (χ3n) is 3.30. The van der Waals surface area contributed by atoms with E-state index in [1.54, 1.807) is 38.5 Å². The quantitative estimate of drug-likeness (QED) is 0.438. The van der Waals surface area contributed by atoms with Gasteiger partial charge in [0.05, 0.1) is 23.2 Å². The van der Waals surface area contributed by atoms with Crippen molar-refractivity contribution in [2.45, 2.75) is 39.7 Å². The second-order valence-corrected chi connectivity index (χ2v) is 11.9. The lowest BCUT2D eigenvalue weighted by Crippen LogP contribution is -2.20. The Labute approximate surface area is 157 Å². The molecule has 0 heterocycles. The third-order valence-corrected chi connectivity index (χ3v) is 7.35. The minimum Gasteiger partial charge on any atom is -0.459 e. The Kier molecular flexibility index (Phi) is 8.30. The molecule has 0 atom stereocenters. The molecule has 1 aromatic rings.